The van der Waals surface area contributed by atoms with Gasteiger partial charge in [0.05, 0.1) is 10.7 Å². The molecule has 0 N–H and O–H groups in total. The van der Waals surface area contributed by atoms with Gasteiger partial charge in [-0.1, -0.05) is 29.8 Å². The molecule has 0 saturated heterocycles. The van der Waals surface area contributed by atoms with E-state index < -0.39 is 0 Å². The Hall–Kier alpha value is -2.46. The topological polar surface area (TPSA) is 34.4 Å². The standard InChI is InChI=1S/C17H12ClFN2O/c1-11-4-2-7-16-20-15(10-17(22)21(11)16)14(18)9-12-5-3-6-13(19)8-12/h2-10H,1H3/b14-9-. The molecule has 0 aliphatic carbocycles. The van der Waals surface area contributed by atoms with Gasteiger partial charge in [-0.15, -0.1) is 0 Å². The summed E-state index contributed by atoms with van der Waals surface area (Å²) in [6, 6.07) is 12.8. The van der Waals surface area contributed by atoms with E-state index in [4.69, 9.17) is 11.6 Å². The molecule has 0 aliphatic heterocycles. The van der Waals surface area contributed by atoms with Crippen molar-refractivity contribution in [1.82, 2.24) is 9.38 Å². The lowest BCUT2D eigenvalue weighted by molar-refractivity contribution is 0.627. The van der Waals surface area contributed by atoms with Crippen molar-refractivity contribution in [1.29, 1.82) is 0 Å². The van der Waals surface area contributed by atoms with Gasteiger partial charge in [0, 0.05) is 11.8 Å². The van der Waals surface area contributed by atoms with Gasteiger partial charge in [0.15, 0.2) is 0 Å². The van der Waals surface area contributed by atoms with Gasteiger partial charge >= 0.3 is 0 Å². The van der Waals surface area contributed by atoms with Crippen molar-refractivity contribution in [3.63, 3.8) is 0 Å². The molecule has 0 saturated carbocycles. The number of benzene rings is 1. The first kappa shape index (κ1) is 14.5. The number of hydrogen-bond donors (Lipinski definition) is 0. The molecule has 2 heterocycles. The van der Waals surface area contributed by atoms with Gasteiger partial charge in [0.25, 0.3) is 5.56 Å². The maximum atomic E-state index is 13.2. The molecule has 0 fully saturated rings. The van der Waals surface area contributed by atoms with E-state index in [2.05, 4.69) is 4.98 Å². The van der Waals surface area contributed by atoms with Crippen molar-refractivity contribution in [3.8, 4) is 0 Å². The number of nitrogens with zero attached hydrogens (tertiary/aromatic N) is 2. The van der Waals surface area contributed by atoms with Gasteiger partial charge in [-0.25, -0.2) is 9.37 Å². The van der Waals surface area contributed by atoms with Crippen LogP contribution in [0.3, 0.4) is 0 Å². The summed E-state index contributed by atoms with van der Waals surface area (Å²) in [7, 11) is 0. The molecule has 0 radical (unpaired) electrons. The third kappa shape index (κ3) is 2.78. The monoisotopic (exact) mass is 314 g/mol. The average molecular weight is 315 g/mol. The number of hydrogen-bond acceptors (Lipinski definition) is 2. The summed E-state index contributed by atoms with van der Waals surface area (Å²) < 4.78 is 14.7. The first-order chi connectivity index (χ1) is 10.5. The zero-order chi connectivity index (χ0) is 15.7. The summed E-state index contributed by atoms with van der Waals surface area (Å²) in [5, 5.41) is 0.284. The molecule has 1 aromatic carbocycles. The molecule has 3 rings (SSSR count). The highest BCUT2D eigenvalue weighted by molar-refractivity contribution is 6.51. The summed E-state index contributed by atoms with van der Waals surface area (Å²) in [4.78, 5) is 16.6. The second kappa shape index (κ2) is 5.73. The van der Waals surface area contributed by atoms with E-state index in [1.165, 1.54) is 22.6 Å². The van der Waals surface area contributed by atoms with Gasteiger partial charge < -0.3 is 0 Å². The Labute approximate surface area is 131 Å². The Kier molecular flexibility index (Phi) is 3.77. The van der Waals surface area contributed by atoms with Crippen molar-refractivity contribution in [2.24, 2.45) is 0 Å². The number of aryl methyl sites for hydroxylation is 1. The van der Waals surface area contributed by atoms with Crippen LogP contribution in [0.4, 0.5) is 4.39 Å². The fourth-order valence-corrected chi connectivity index (χ4v) is 2.48. The van der Waals surface area contributed by atoms with Crippen LogP contribution in [0.15, 0.2) is 53.3 Å². The number of rotatable bonds is 2. The number of fused-ring (bicyclic) bond motifs is 1. The van der Waals surface area contributed by atoms with Crippen molar-refractivity contribution < 1.29 is 4.39 Å². The van der Waals surface area contributed by atoms with Crippen molar-refractivity contribution in [3.05, 3.63) is 81.7 Å². The summed E-state index contributed by atoms with van der Waals surface area (Å²) in [6.45, 7) is 1.83. The number of aromatic nitrogens is 2. The Bertz CT molecular complexity index is 947. The largest absolute Gasteiger partial charge is 0.269 e. The minimum absolute atomic E-state index is 0.205. The predicted molar refractivity (Wildman–Crippen MR) is 86.3 cm³/mol. The van der Waals surface area contributed by atoms with Gasteiger partial charge in [-0.05, 0) is 42.8 Å². The van der Waals surface area contributed by atoms with Crippen LogP contribution in [-0.4, -0.2) is 9.38 Å². The van der Waals surface area contributed by atoms with E-state index in [0.29, 0.717) is 16.9 Å². The third-order valence-corrected chi connectivity index (χ3v) is 3.57. The molecule has 0 unspecified atom stereocenters. The normalized spacial score (nSPS) is 11.9. The van der Waals surface area contributed by atoms with E-state index in [1.54, 1.807) is 24.3 Å². The Morgan fingerprint density at radius 2 is 2.00 bits per heavy atom. The molecule has 22 heavy (non-hydrogen) atoms. The van der Waals surface area contributed by atoms with E-state index in [9.17, 15) is 9.18 Å². The van der Waals surface area contributed by atoms with Crippen LogP contribution in [0, 0.1) is 12.7 Å². The molecule has 0 amide bonds. The Balaban J connectivity index is 2.12. The van der Waals surface area contributed by atoms with Crippen LogP contribution in [0.25, 0.3) is 16.8 Å². The van der Waals surface area contributed by atoms with Crippen molar-refractivity contribution in [2.75, 3.05) is 0 Å². The highest BCUT2D eigenvalue weighted by Crippen LogP contribution is 2.20. The molecule has 3 aromatic rings. The van der Waals surface area contributed by atoms with Gasteiger partial charge in [0.2, 0.25) is 0 Å². The van der Waals surface area contributed by atoms with Crippen LogP contribution in [0.1, 0.15) is 17.0 Å². The summed E-state index contributed by atoms with van der Waals surface area (Å²) in [5.74, 6) is -0.347. The molecule has 0 bridgehead atoms. The van der Waals surface area contributed by atoms with E-state index in [0.717, 1.165) is 5.69 Å². The fraction of sp³-hybridized carbons (Fsp3) is 0.0588. The van der Waals surface area contributed by atoms with E-state index in [1.807, 2.05) is 19.1 Å². The van der Waals surface area contributed by atoms with Crippen molar-refractivity contribution in [2.45, 2.75) is 6.92 Å². The molecule has 2 aromatic heterocycles. The number of halogens is 2. The van der Waals surface area contributed by atoms with Crippen LogP contribution in [0.2, 0.25) is 0 Å². The predicted octanol–water partition coefficient (Wildman–Crippen LogP) is 3.88. The summed E-state index contributed by atoms with van der Waals surface area (Å²) in [6.07, 6.45) is 1.58. The third-order valence-electron chi connectivity index (χ3n) is 3.27. The Morgan fingerprint density at radius 3 is 2.77 bits per heavy atom. The van der Waals surface area contributed by atoms with Crippen LogP contribution in [-0.2, 0) is 0 Å². The van der Waals surface area contributed by atoms with Crippen molar-refractivity contribution >= 4 is 28.4 Å². The van der Waals surface area contributed by atoms with Crippen LogP contribution >= 0.6 is 11.6 Å². The lowest BCUT2D eigenvalue weighted by atomic mass is 10.2. The SMILES string of the molecule is Cc1cccc2nc(/C(Cl)=C/c3cccc(F)c3)cc(=O)n12. The molecular formula is C17H12ClFN2O. The lowest BCUT2D eigenvalue weighted by Gasteiger charge is -2.06. The van der Waals surface area contributed by atoms with E-state index in [-0.39, 0.29) is 16.4 Å². The highest BCUT2D eigenvalue weighted by atomic mass is 35.5. The fourth-order valence-electron chi connectivity index (χ4n) is 2.25. The number of pyridine rings is 1. The van der Waals surface area contributed by atoms with E-state index >= 15 is 0 Å². The highest BCUT2D eigenvalue weighted by Gasteiger charge is 2.07. The maximum absolute atomic E-state index is 13.2. The zero-order valence-electron chi connectivity index (χ0n) is 11.8. The van der Waals surface area contributed by atoms with Gasteiger partial charge in [-0.3, -0.25) is 9.20 Å². The lowest BCUT2D eigenvalue weighted by Crippen LogP contribution is -2.16. The first-order valence-corrected chi connectivity index (χ1v) is 7.05. The second-order valence-electron chi connectivity index (χ2n) is 4.89. The smallest absolute Gasteiger partial charge is 0.258 e. The summed E-state index contributed by atoms with van der Waals surface area (Å²) in [5.41, 5.74) is 2.08. The average Bonchev–Trinajstić information content (AvgIpc) is 2.47. The molecular weight excluding hydrogens is 303 g/mol. The molecule has 5 heteroatoms. The molecule has 3 nitrogen and oxygen atoms in total. The Morgan fingerprint density at radius 1 is 1.23 bits per heavy atom. The zero-order valence-corrected chi connectivity index (χ0v) is 12.5. The molecule has 0 aliphatic rings. The van der Waals surface area contributed by atoms with Gasteiger partial charge in [0.1, 0.15) is 11.5 Å². The van der Waals surface area contributed by atoms with Crippen LogP contribution in [0.5, 0.6) is 0 Å². The second-order valence-corrected chi connectivity index (χ2v) is 5.29. The molecule has 0 atom stereocenters. The minimum Gasteiger partial charge on any atom is -0.269 e. The maximum Gasteiger partial charge on any atom is 0.258 e. The quantitative estimate of drug-likeness (QED) is 0.719. The first-order valence-electron chi connectivity index (χ1n) is 6.67. The summed E-state index contributed by atoms with van der Waals surface area (Å²) >= 11 is 6.23. The van der Waals surface area contributed by atoms with Gasteiger partial charge in [-0.2, -0.15) is 0 Å². The molecule has 110 valence electrons. The minimum atomic E-state index is -0.347. The molecule has 0 spiro atoms. The van der Waals surface area contributed by atoms with Crippen LogP contribution < -0.4 is 5.56 Å².